The van der Waals surface area contributed by atoms with Crippen LogP contribution in [-0.4, -0.2) is 48.4 Å². The second-order valence-corrected chi connectivity index (χ2v) is 7.07. The highest BCUT2D eigenvalue weighted by Crippen LogP contribution is 2.20. The van der Waals surface area contributed by atoms with Gasteiger partial charge in [-0.05, 0) is 31.2 Å². The molecule has 6 heteroatoms. The van der Waals surface area contributed by atoms with Crippen LogP contribution in [0.4, 0.5) is 0 Å². The Morgan fingerprint density at radius 2 is 1.96 bits per heavy atom. The van der Waals surface area contributed by atoms with Crippen molar-refractivity contribution in [2.75, 3.05) is 32.7 Å². The molecular weight excluding hydrogens is 372 g/mol. The van der Waals surface area contributed by atoms with Crippen molar-refractivity contribution in [2.24, 2.45) is 0 Å². The van der Waals surface area contributed by atoms with Gasteiger partial charge in [0.15, 0.2) is 0 Å². The van der Waals surface area contributed by atoms with E-state index in [1.807, 2.05) is 13.0 Å². The molecule has 0 radical (unpaired) electrons. The third kappa shape index (κ3) is 3.60. The maximum absolute atomic E-state index is 12.7. The standard InChI is InChI=1S/C18H19BrN2O3/c1-12(2)11-20-5-7-21(8-6-20)17(22)15-10-13-9-14(19)3-4-16(13)24-18(15)23/h3-4,9-10H,1,5-8,11H2,2H3. The van der Waals surface area contributed by atoms with Crippen LogP contribution in [-0.2, 0) is 0 Å². The summed E-state index contributed by atoms with van der Waals surface area (Å²) in [4.78, 5) is 28.8. The van der Waals surface area contributed by atoms with Gasteiger partial charge >= 0.3 is 5.63 Å². The van der Waals surface area contributed by atoms with Crippen molar-refractivity contribution in [1.82, 2.24) is 9.80 Å². The molecule has 1 aliphatic rings. The first-order chi connectivity index (χ1) is 11.4. The molecule has 0 bridgehead atoms. The second-order valence-electron chi connectivity index (χ2n) is 6.16. The molecule has 1 aromatic heterocycles. The summed E-state index contributed by atoms with van der Waals surface area (Å²) in [5.74, 6) is -0.263. The molecule has 0 aliphatic carbocycles. The predicted molar refractivity (Wildman–Crippen MR) is 97.3 cm³/mol. The van der Waals surface area contributed by atoms with Crippen molar-refractivity contribution in [3.8, 4) is 0 Å². The Bertz CT molecular complexity index is 851. The summed E-state index contributed by atoms with van der Waals surface area (Å²) in [6.45, 7) is 9.52. The van der Waals surface area contributed by atoms with Crippen molar-refractivity contribution < 1.29 is 9.21 Å². The van der Waals surface area contributed by atoms with Crippen LogP contribution < -0.4 is 5.63 Å². The van der Waals surface area contributed by atoms with Gasteiger partial charge in [0.2, 0.25) is 0 Å². The number of amides is 1. The lowest BCUT2D eigenvalue weighted by Crippen LogP contribution is -2.49. The van der Waals surface area contributed by atoms with Gasteiger partial charge in [0, 0.05) is 42.6 Å². The summed E-state index contributed by atoms with van der Waals surface area (Å²) in [5, 5.41) is 0.730. The molecule has 2 heterocycles. The van der Waals surface area contributed by atoms with Crippen LogP contribution in [0.5, 0.6) is 0 Å². The van der Waals surface area contributed by atoms with Gasteiger partial charge in [-0.2, -0.15) is 0 Å². The molecule has 1 aliphatic heterocycles. The predicted octanol–water partition coefficient (Wildman–Crippen LogP) is 2.89. The van der Waals surface area contributed by atoms with Crippen LogP contribution in [0.25, 0.3) is 11.0 Å². The van der Waals surface area contributed by atoms with E-state index in [2.05, 4.69) is 27.4 Å². The third-order valence-electron chi connectivity index (χ3n) is 4.08. The smallest absolute Gasteiger partial charge is 0.349 e. The maximum Gasteiger partial charge on any atom is 0.349 e. The zero-order chi connectivity index (χ0) is 17.3. The lowest BCUT2D eigenvalue weighted by Gasteiger charge is -2.34. The number of hydrogen-bond acceptors (Lipinski definition) is 4. The highest BCUT2D eigenvalue weighted by Gasteiger charge is 2.24. The van der Waals surface area contributed by atoms with Crippen LogP contribution in [0.1, 0.15) is 17.3 Å². The molecule has 1 amide bonds. The summed E-state index contributed by atoms with van der Waals surface area (Å²) in [6.07, 6.45) is 0. The molecule has 0 unspecified atom stereocenters. The fourth-order valence-corrected chi connectivity index (χ4v) is 3.28. The quantitative estimate of drug-likeness (QED) is 0.597. The van der Waals surface area contributed by atoms with E-state index in [1.54, 1.807) is 23.1 Å². The molecule has 3 rings (SSSR count). The molecule has 0 spiro atoms. The Morgan fingerprint density at radius 1 is 1.25 bits per heavy atom. The van der Waals surface area contributed by atoms with Gasteiger partial charge < -0.3 is 9.32 Å². The Hall–Kier alpha value is -1.92. The van der Waals surface area contributed by atoms with Crippen LogP contribution >= 0.6 is 15.9 Å². The Labute approximate surface area is 148 Å². The van der Waals surface area contributed by atoms with E-state index in [-0.39, 0.29) is 11.5 Å². The number of rotatable bonds is 3. The van der Waals surface area contributed by atoms with Crippen LogP contribution in [0, 0.1) is 0 Å². The zero-order valence-electron chi connectivity index (χ0n) is 13.5. The molecule has 0 saturated carbocycles. The molecule has 24 heavy (non-hydrogen) atoms. The number of benzene rings is 1. The van der Waals surface area contributed by atoms with E-state index in [0.717, 1.165) is 35.1 Å². The van der Waals surface area contributed by atoms with Gasteiger partial charge in [0.1, 0.15) is 11.1 Å². The number of piperazine rings is 1. The van der Waals surface area contributed by atoms with E-state index < -0.39 is 5.63 Å². The SMILES string of the molecule is C=C(C)CN1CCN(C(=O)c2cc3cc(Br)ccc3oc2=O)CC1. The minimum absolute atomic E-state index is 0.0916. The van der Waals surface area contributed by atoms with Crippen LogP contribution in [0.2, 0.25) is 0 Å². The van der Waals surface area contributed by atoms with Crippen molar-refractivity contribution in [1.29, 1.82) is 0 Å². The highest BCUT2D eigenvalue weighted by molar-refractivity contribution is 9.10. The normalized spacial score (nSPS) is 15.7. The fourth-order valence-electron chi connectivity index (χ4n) is 2.90. The van der Waals surface area contributed by atoms with Gasteiger partial charge in [-0.3, -0.25) is 9.69 Å². The summed E-state index contributed by atoms with van der Waals surface area (Å²) in [5.41, 5.74) is 1.09. The summed E-state index contributed by atoms with van der Waals surface area (Å²) in [7, 11) is 0. The molecule has 0 atom stereocenters. The molecule has 1 saturated heterocycles. The van der Waals surface area contributed by atoms with E-state index in [1.165, 1.54) is 0 Å². The highest BCUT2D eigenvalue weighted by atomic mass is 79.9. The molecule has 1 aromatic carbocycles. The van der Waals surface area contributed by atoms with Gasteiger partial charge in [0.05, 0.1) is 0 Å². The minimum Gasteiger partial charge on any atom is -0.422 e. The average molecular weight is 391 g/mol. The van der Waals surface area contributed by atoms with E-state index in [0.29, 0.717) is 18.7 Å². The van der Waals surface area contributed by atoms with Crippen molar-refractivity contribution in [3.63, 3.8) is 0 Å². The molecule has 0 N–H and O–H groups in total. The second kappa shape index (κ2) is 6.91. The van der Waals surface area contributed by atoms with Crippen LogP contribution in [0.15, 0.2) is 50.1 Å². The average Bonchev–Trinajstić information content (AvgIpc) is 2.54. The first-order valence-corrected chi connectivity index (χ1v) is 8.63. The van der Waals surface area contributed by atoms with Gasteiger partial charge in [0.25, 0.3) is 5.91 Å². The number of nitrogens with zero attached hydrogens (tertiary/aromatic N) is 2. The molecular formula is C18H19BrN2O3. The van der Waals surface area contributed by atoms with Gasteiger partial charge in [-0.25, -0.2) is 4.79 Å². The van der Waals surface area contributed by atoms with Crippen LogP contribution in [0.3, 0.4) is 0 Å². The zero-order valence-corrected chi connectivity index (χ0v) is 15.1. The monoisotopic (exact) mass is 390 g/mol. The van der Waals surface area contributed by atoms with Crippen molar-refractivity contribution in [3.05, 3.63) is 56.9 Å². The van der Waals surface area contributed by atoms with E-state index >= 15 is 0 Å². The minimum atomic E-state index is -0.584. The number of hydrogen-bond donors (Lipinski definition) is 0. The van der Waals surface area contributed by atoms with Gasteiger partial charge in [-0.15, -0.1) is 0 Å². The fraction of sp³-hybridized carbons (Fsp3) is 0.333. The number of fused-ring (bicyclic) bond motifs is 1. The Morgan fingerprint density at radius 3 is 2.62 bits per heavy atom. The first kappa shape index (κ1) is 16.9. The molecule has 5 nitrogen and oxygen atoms in total. The third-order valence-corrected chi connectivity index (χ3v) is 4.57. The Kier molecular flexibility index (Phi) is 4.87. The summed E-state index contributed by atoms with van der Waals surface area (Å²) in [6, 6.07) is 6.97. The molecule has 126 valence electrons. The summed E-state index contributed by atoms with van der Waals surface area (Å²) >= 11 is 3.39. The lowest BCUT2D eigenvalue weighted by atomic mass is 10.1. The van der Waals surface area contributed by atoms with Crippen molar-refractivity contribution >= 4 is 32.8 Å². The summed E-state index contributed by atoms with van der Waals surface area (Å²) < 4.78 is 6.16. The van der Waals surface area contributed by atoms with E-state index in [4.69, 9.17) is 4.42 Å². The maximum atomic E-state index is 12.7. The molecule has 2 aromatic rings. The van der Waals surface area contributed by atoms with Gasteiger partial charge in [-0.1, -0.05) is 28.1 Å². The number of carbonyl (C=O) groups excluding carboxylic acids is 1. The van der Waals surface area contributed by atoms with Crippen molar-refractivity contribution in [2.45, 2.75) is 6.92 Å². The van der Waals surface area contributed by atoms with E-state index in [9.17, 15) is 9.59 Å². The topological polar surface area (TPSA) is 53.8 Å². The number of halogens is 1. The largest absolute Gasteiger partial charge is 0.422 e. The first-order valence-electron chi connectivity index (χ1n) is 7.83. The Balaban J connectivity index is 1.80. The molecule has 1 fully saturated rings. The lowest BCUT2D eigenvalue weighted by molar-refractivity contribution is 0.0644. The number of carbonyl (C=O) groups is 1.